The number of likely N-dealkylation sites (N-methyl/N-ethyl adjacent to an activating group) is 1. The third-order valence-corrected chi connectivity index (χ3v) is 3.53. The molecule has 19 heavy (non-hydrogen) atoms. The van der Waals surface area contributed by atoms with Crippen LogP contribution in [0, 0.1) is 6.92 Å². The molecular weight excluding hydrogens is 236 g/mol. The third-order valence-electron chi connectivity index (χ3n) is 3.53. The summed E-state index contributed by atoms with van der Waals surface area (Å²) in [6, 6.07) is 8.41. The smallest absolute Gasteiger partial charge is 0.0627 e. The van der Waals surface area contributed by atoms with E-state index in [1.54, 1.807) is 0 Å². The maximum atomic E-state index is 9.68. The van der Waals surface area contributed by atoms with E-state index in [0.29, 0.717) is 0 Å². The van der Waals surface area contributed by atoms with Crippen LogP contribution in [0.4, 0.5) is 5.69 Å². The van der Waals surface area contributed by atoms with Gasteiger partial charge in [0.05, 0.1) is 12.1 Å². The van der Waals surface area contributed by atoms with E-state index in [2.05, 4.69) is 62.2 Å². The lowest BCUT2D eigenvalue weighted by atomic mass is 10.0. The predicted molar refractivity (Wildman–Crippen MR) is 82.9 cm³/mol. The molecule has 0 amide bonds. The Morgan fingerprint density at radius 1 is 1.26 bits per heavy atom. The Morgan fingerprint density at radius 3 is 2.47 bits per heavy atom. The van der Waals surface area contributed by atoms with Crippen LogP contribution in [0.1, 0.15) is 32.8 Å². The average molecular weight is 264 g/mol. The molecule has 3 nitrogen and oxygen atoms in total. The SMILES string of the molecule is CCCNC(C)(CO)CN(CC)c1ccccc1C. The van der Waals surface area contributed by atoms with E-state index in [9.17, 15) is 5.11 Å². The molecule has 0 aromatic heterocycles. The van der Waals surface area contributed by atoms with Crippen LogP contribution in [-0.4, -0.2) is 36.9 Å². The van der Waals surface area contributed by atoms with Gasteiger partial charge in [0.2, 0.25) is 0 Å². The van der Waals surface area contributed by atoms with Crippen molar-refractivity contribution < 1.29 is 5.11 Å². The van der Waals surface area contributed by atoms with Crippen LogP contribution in [0.2, 0.25) is 0 Å². The van der Waals surface area contributed by atoms with Gasteiger partial charge in [-0.2, -0.15) is 0 Å². The number of aryl methyl sites for hydroxylation is 1. The number of hydrogen-bond acceptors (Lipinski definition) is 3. The van der Waals surface area contributed by atoms with Gasteiger partial charge < -0.3 is 15.3 Å². The summed E-state index contributed by atoms with van der Waals surface area (Å²) in [6.45, 7) is 11.3. The van der Waals surface area contributed by atoms with Crippen LogP contribution < -0.4 is 10.2 Å². The number of aliphatic hydroxyl groups excluding tert-OH is 1. The van der Waals surface area contributed by atoms with E-state index < -0.39 is 0 Å². The molecule has 1 rings (SSSR count). The van der Waals surface area contributed by atoms with Crippen molar-refractivity contribution in [2.75, 3.05) is 31.1 Å². The van der Waals surface area contributed by atoms with Crippen molar-refractivity contribution in [1.29, 1.82) is 0 Å². The minimum absolute atomic E-state index is 0.148. The number of anilines is 1. The Balaban J connectivity index is 2.83. The molecule has 0 saturated carbocycles. The first-order chi connectivity index (χ1) is 9.06. The predicted octanol–water partition coefficient (Wildman–Crippen LogP) is 2.57. The molecule has 108 valence electrons. The third kappa shape index (κ3) is 4.51. The van der Waals surface area contributed by atoms with Crippen molar-refractivity contribution in [3.63, 3.8) is 0 Å². The Labute approximate surface area is 117 Å². The summed E-state index contributed by atoms with van der Waals surface area (Å²) < 4.78 is 0. The number of hydrogen-bond donors (Lipinski definition) is 2. The number of aliphatic hydroxyl groups is 1. The van der Waals surface area contributed by atoms with Gasteiger partial charge in [-0.1, -0.05) is 25.1 Å². The molecule has 0 heterocycles. The topological polar surface area (TPSA) is 35.5 Å². The molecule has 3 heteroatoms. The van der Waals surface area contributed by atoms with Crippen molar-refractivity contribution in [2.45, 2.75) is 39.7 Å². The molecule has 0 bridgehead atoms. The summed E-state index contributed by atoms with van der Waals surface area (Å²) in [5.41, 5.74) is 2.27. The fourth-order valence-corrected chi connectivity index (χ4v) is 2.30. The van der Waals surface area contributed by atoms with Gasteiger partial charge in [0, 0.05) is 18.8 Å². The average Bonchev–Trinajstić information content (AvgIpc) is 2.43. The molecule has 1 aromatic rings. The number of nitrogens with one attached hydrogen (secondary N) is 1. The van der Waals surface area contributed by atoms with Crippen LogP contribution in [0.15, 0.2) is 24.3 Å². The maximum absolute atomic E-state index is 9.68. The van der Waals surface area contributed by atoms with Gasteiger partial charge in [-0.3, -0.25) is 0 Å². The lowest BCUT2D eigenvalue weighted by Gasteiger charge is -2.36. The first kappa shape index (κ1) is 16.0. The maximum Gasteiger partial charge on any atom is 0.0627 e. The molecule has 0 aliphatic heterocycles. The van der Waals surface area contributed by atoms with E-state index in [4.69, 9.17) is 0 Å². The van der Waals surface area contributed by atoms with Gasteiger partial charge in [-0.25, -0.2) is 0 Å². The molecule has 0 fully saturated rings. The Morgan fingerprint density at radius 2 is 1.95 bits per heavy atom. The zero-order valence-electron chi connectivity index (χ0n) is 12.7. The van der Waals surface area contributed by atoms with Gasteiger partial charge in [0.15, 0.2) is 0 Å². The second kappa shape index (κ2) is 7.51. The van der Waals surface area contributed by atoms with Gasteiger partial charge in [0.1, 0.15) is 0 Å². The highest BCUT2D eigenvalue weighted by Crippen LogP contribution is 2.21. The first-order valence-electron chi connectivity index (χ1n) is 7.22. The lowest BCUT2D eigenvalue weighted by Crippen LogP contribution is -2.54. The van der Waals surface area contributed by atoms with E-state index in [0.717, 1.165) is 26.1 Å². The van der Waals surface area contributed by atoms with Crippen molar-refractivity contribution in [2.24, 2.45) is 0 Å². The molecule has 2 N–H and O–H groups in total. The van der Waals surface area contributed by atoms with Gasteiger partial charge in [-0.15, -0.1) is 0 Å². The second-order valence-corrected chi connectivity index (χ2v) is 5.45. The summed E-state index contributed by atoms with van der Waals surface area (Å²) in [5.74, 6) is 0. The molecule has 1 atom stereocenters. The van der Waals surface area contributed by atoms with Crippen LogP contribution in [0.25, 0.3) is 0 Å². The molecule has 0 saturated heterocycles. The monoisotopic (exact) mass is 264 g/mol. The first-order valence-corrected chi connectivity index (χ1v) is 7.22. The molecule has 0 aliphatic rings. The van der Waals surface area contributed by atoms with Crippen molar-refractivity contribution in [3.05, 3.63) is 29.8 Å². The van der Waals surface area contributed by atoms with Crippen molar-refractivity contribution >= 4 is 5.69 Å². The van der Waals surface area contributed by atoms with Crippen molar-refractivity contribution in [1.82, 2.24) is 5.32 Å². The van der Waals surface area contributed by atoms with E-state index in [-0.39, 0.29) is 12.1 Å². The van der Waals surface area contributed by atoms with Crippen LogP contribution >= 0.6 is 0 Å². The van der Waals surface area contributed by atoms with Crippen molar-refractivity contribution in [3.8, 4) is 0 Å². The number of rotatable bonds is 8. The summed E-state index contributed by atoms with van der Waals surface area (Å²) in [4.78, 5) is 2.33. The highest BCUT2D eigenvalue weighted by atomic mass is 16.3. The summed E-state index contributed by atoms with van der Waals surface area (Å²) in [7, 11) is 0. The van der Waals surface area contributed by atoms with E-state index in [1.165, 1.54) is 11.3 Å². The number of nitrogens with zero attached hydrogens (tertiary/aromatic N) is 1. The zero-order valence-corrected chi connectivity index (χ0v) is 12.7. The number of para-hydroxylation sites is 1. The van der Waals surface area contributed by atoms with Crippen LogP contribution in [-0.2, 0) is 0 Å². The van der Waals surface area contributed by atoms with E-state index in [1.807, 2.05) is 0 Å². The molecule has 0 spiro atoms. The second-order valence-electron chi connectivity index (χ2n) is 5.45. The Kier molecular flexibility index (Phi) is 6.32. The fourth-order valence-electron chi connectivity index (χ4n) is 2.30. The molecular formula is C16H28N2O. The Bertz CT molecular complexity index is 381. The van der Waals surface area contributed by atoms with Crippen LogP contribution in [0.3, 0.4) is 0 Å². The zero-order chi connectivity index (χ0) is 14.3. The molecule has 0 radical (unpaired) electrons. The largest absolute Gasteiger partial charge is 0.394 e. The fraction of sp³-hybridized carbons (Fsp3) is 0.625. The highest BCUT2D eigenvalue weighted by molar-refractivity contribution is 5.53. The summed E-state index contributed by atoms with van der Waals surface area (Å²) in [5, 5.41) is 13.1. The highest BCUT2D eigenvalue weighted by Gasteiger charge is 2.25. The normalized spacial score (nSPS) is 14.2. The molecule has 1 aromatic carbocycles. The molecule has 0 aliphatic carbocycles. The summed E-state index contributed by atoms with van der Waals surface area (Å²) in [6.07, 6.45) is 1.08. The lowest BCUT2D eigenvalue weighted by molar-refractivity contribution is 0.178. The van der Waals surface area contributed by atoms with Gasteiger partial charge >= 0.3 is 0 Å². The minimum atomic E-state index is -0.256. The van der Waals surface area contributed by atoms with Gasteiger partial charge in [0.25, 0.3) is 0 Å². The van der Waals surface area contributed by atoms with Gasteiger partial charge in [-0.05, 0) is 45.4 Å². The van der Waals surface area contributed by atoms with E-state index >= 15 is 0 Å². The van der Waals surface area contributed by atoms with Crippen LogP contribution in [0.5, 0.6) is 0 Å². The minimum Gasteiger partial charge on any atom is -0.394 e. The molecule has 1 unspecified atom stereocenters. The quantitative estimate of drug-likeness (QED) is 0.757. The summed E-state index contributed by atoms with van der Waals surface area (Å²) >= 11 is 0. The number of benzene rings is 1. The standard InChI is InChI=1S/C16H28N2O/c1-5-11-17-16(4,13-19)12-18(6-2)15-10-8-7-9-14(15)3/h7-10,17,19H,5-6,11-13H2,1-4H3. The Hall–Kier alpha value is -1.06.